The minimum atomic E-state index is -0.741. The highest BCUT2D eigenvalue weighted by atomic mass is 16.4. The van der Waals surface area contributed by atoms with Gasteiger partial charge < -0.3 is 10.4 Å². The van der Waals surface area contributed by atoms with Crippen molar-refractivity contribution >= 4 is 5.97 Å². The van der Waals surface area contributed by atoms with E-state index in [-0.39, 0.29) is 6.42 Å². The number of hydrogen-bond acceptors (Lipinski definition) is 3. The summed E-state index contributed by atoms with van der Waals surface area (Å²) in [7, 11) is 0. The molecule has 0 amide bonds. The van der Waals surface area contributed by atoms with Crippen molar-refractivity contribution < 1.29 is 9.90 Å². The first-order chi connectivity index (χ1) is 8.67. The molecule has 5 nitrogen and oxygen atoms in total. The third kappa shape index (κ3) is 4.87. The van der Waals surface area contributed by atoms with Crippen molar-refractivity contribution in [3.8, 4) is 0 Å². The van der Waals surface area contributed by atoms with Gasteiger partial charge >= 0.3 is 5.97 Å². The minimum Gasteiger partial charge on any atom is -0.481 e. The lowest BCUT2D eigenvalue weighted by molar-refractivity contribution is -0.137. The summed E-state index contributed by atoms with van der Waals surface area (Å²) in [6.45, 7) is 5.75. The van der Waals surface area contributed by atoms with Gasteiger partial charge in [-0.1, -0.05) is 13.8 Å². The standard InChI is InChI=1S/C13H23N3O2/c1-3-12(4-2)16-9-7-11(15-16)10-14-8-5-6-13(17)18/h7,9,12,14H,3-6,8,10H2,1-2H3,(H,17,18). The van der Waals surface area contributed by atoms with Crippen LogP contribution in [-0.4, -0.2) is 27.4 Å². The molecule has 1 aromatic heterocycles. The van der Waals surface area contributed by atoms with Crippen molar-refractivity contribution in [2.45, 2.75) is 52.1 Å². The highest BCUT2D eigenvalue weighted by Crippen LogP contribution is 2.14. The van der Waals surface area contributed by atoms with Gasteiger partial charge in [0.2, 0.25) is 0 Å². The molecule has 0 fully saturated rings. The van der Waals surface area contributed by atoms with E-state index in [1.165, 1.54) is 0 Å². The van der Waals surface area contributed by atoms with Crippen molar-refractivity contribution in [1.29, 1.82) is 0 Å². The molecule has 0 aliphatic carbocycles. The van der Waals surface area contributed by atoms with Crippen LogP contribution in [0.3, 0.4) is 0 Å². The van der Waals surface area contributed by atoms with Gasteiger partial charge in [-0.2, -0.15) is 5.10 Å². The van der Waals surface area contributed by atoms with Crippen molar-refractivity contribution in [3.63, 3.8) is 0 Å². The predicted octanol–water partition coefficient (Wildman–Crippen LogP) is 2.20. The molecule has 0 radical (unpaired) electrons. The van der Waals surface area contributed by atoms with Gasteiger partial charge in [0.05, 0.1) is 11.7 Å². The molecular formula is C13H23N3O2. The third-order valence-electron chi connectivity index (χ3n) is 3.03. The molecule has 0 bridgehead atoms. The Morgan fingerprint density at radius 2 is 2.22 bits per heavy atom. The average Bonchev–Trinajstić information content (AvgIpc) is 2.79. The van der Waals surface area contributed by atoms with E-state index in [0.29, 0.717) is 25.6 Å². The lowest BCUT2D eigenvalue weighted by atomic mass is 10.2. The number of nitrogens with one attached hydrogen (secondary N) is 1. The maximum absolute atomic E-state index is 10.3. The fourth-order valence-electron chi connectivity index (χ4n) is 1.92. The van der Waals surface area contributed by atoms with Crippen LogP contribution >= 0.6 is 0 Å². The van der Waals surface area contributed by atoms with E-state index in [4.69, 9.17) is 5.11 Å². The number of aromatic nitrogens is 2. The van der Waals surface area contributed by atoms with Gasteiger partial charge in [-0.3, -0.25) is 9.48 Å². The Labute approximate surface area is 108 Å². The predicted molar refractivity (Wildman–Crippen MR) is 70.4 cm³/mol. The van der Waals surface area contributed by atoms with Gasteiger partial charge in [-0.05, 0) is 31.9 Å². The normalized spacial score (nSPS) is 11.1. The maximum atomic E-state index is 10.3. The molecule has 0 saturated heterocycles. The largest absolute Gasteiger partial charge is 0.481 e. The SMILES string of the molecule is CCC(CC)n1ccc(CNCCCC(=O)O)n1. The summed E-state index contributed by atoms with van der Waals surface area (Å²) < 4.78 is 2.02. The lowest BCUT2D eigenvalue weighted by Gasteiger charge is -2.12. The Morgan fingerprint density at radius 1 is 1.50 bits per heavy atom. The first kappa shape index (κ1) is 14.7. The van der Waals surface area contributed by atoms with Gasteiger partial charge in [0.15, 0.2) is 0 Å². The molecule has 102 valence electrons. The van der Waals surface area contributed by atoms with E-state index in [1.54, 1.807) is 0 Å². The highest BCUT2D eigenvalue weighted by molar-refractivity contribution is 5.66. The maximum Gasteiger partial charge on any atom is 0.303 e. The van der Waals surface area contributed by atoms with Crippen LogP contribution in [0, 0.1) is 0 Å². The van der Waals surface area contributed by atoms with Crippen LogP contribution in [0.2, 0.25) is 0 Å². The molecule has 0 aliphatic rings. The lowest BCUT2D eigenvalue weighted by Crippen LogP contribution is -2.16. The molecule has 1 aromatic rings. The number of aliphatic carboxylic acids is 1. The smallest absolute Gasteiger partial charge is 0.303 e. The summed E-state index contributed by atoms with van der Waals surface area (Å²) in [5.41, 5.74) is 1.01. The van der Waals surface area contributed by atoms with Crippen molar-refractivity contribution in [1.82, 2.24) is 15.1 Å². The third-order valence-corrected chi connectivity index (χ3v) is 3.03. The summed E-state index contributed by atoms with van der Waals surface area (Å²) >= 11 is 0. The topological polar surface area (TPSA) is 67.2 Å². The molecule has 1 heterocycles. The highest BCUT2D eigenvalue weighted by Gasteiger charge is 2.07. The van der Waals surface area contributed by atoms with E-state index < -0.39 is 5.97 Å². The quantitative estimate of drug-likeness (QED) is 0.662. The fraction of sp³-hybridized carbons (Fsp3) is 0.692. The summed E-state index contributed by atoms with van der Waals surface area (Å²) in [4.78, 5) is 10.3. The van der Waals surface area contributed by atoms with E-state index in [2.05, 4.69) is 24.3 Å². The number of hydrogen-bond donors (Lipinski definition) is 2. The first-order valence-corrected chi connectivity index (χ1v) is 6.63. The Morgan fingerprint density at radius 3 is 2.83 bits per heavy atom. The molecule has 18 heavy (non-hydrogen) atoms. The van der Waals surface area contributed by atoms with Crippen molar-refractivity contribution in [3.05, 3.63) is 18.0 Å². The van der Waals surface area contributed by atoms with Gasteiger partial charge in [-0.25, -0.2) is 0 Å². The van der Waals surface area contributed by atoms with Crippen LogP contribution in [0.15, 0.2) is 12.3 Å². The zero-order chi connectivity index (χ0) is 13.4. The van der Waals surface area contributed by atoms with E-state index in [1.807, 2.05) is 16.9 Å². The van der Waals surface area contributed by atoms with Crippen molar-refractivity contribution in [2.75, 3.05) is 6.54 Å². The number of nitrogens with zero attached hydrogens (tertiary/aromatic N) is 2. The Bertz CT molecular complexity index is 359. The average molecular weight is 253 g/mol. The summed E-state index contributed by atoms with van der Waals surface area (Å²) in [6.07, 6.45) is 5.07. The van der Waals surface area contributed by atoms with E-state index >= 15 is 0 Å². The fourth-order valence-corrected chi connectivity index (χ4v) is 1.92. The first-order valence-electron chi connectivity index (χ1n) is 6.63. The molecule has 0 unspecified atom stereocenters. The van der Waals surface area contributed by atoms with Crippen molar-refractivity contribution in [2.24, 2.45) is 0 Å². The monoisotopic (exact) mass is 253 g/mol. The second-order valence-electron chi connectivity index (χ2n) is 4.43. The molecule has 0 saturated carbocycles. The van der Waals surface area contributed by atoms with Crippen LogP contribution in [0.1, 0.15) is 51.3 Å². The van der Waals surface area contributed by atoms with Gasteiger partial charge in [0, 0.05) is 19.2 Å². The molecule has 2 N–H and O–H groups in total. The molecule has 1 rings (SSSR count). The van der Waals surface area contributed by atoms with E-state index in [9.17, 15) is 4.79 Å². The molecule has 5 heteroatoms. The Kier molecular flexibility index (Phi) is 6.43. The zero-order valence-corrected chi connectivity index (χ0v) is 11.2. The summed E-state index contributed by atoms with van der Waals surface area (Å²) in [5, 5.41) is 16.2. The summed E-state index contributed by atoms with van der Waals surface area (Å²) in [5.74, 6) is -0.741. The van der Waals surface area contributed by atoms with Gasteiger partial charge in [0.1, 0.15) is 0 Å². The molecule has 0 aromatic carbocycles. The van der Waals surface area contributed by atoms with Crippen LogP contribution in [0.4, 0.5) is 0 Å². The number of carboxylic acid groups (broad SMARTS) is 1. The van der Waals surface area contributed by atoms with E-state index in [0.717, 1.165) is 18.5 Å². The number of rotatable bonds is 9. The van der Waals surface area contributed by atoms with Crippen LogP contribution in [-0.2, 0) is 11.3 Å². The molecule has 0 aliphatic heterocycles. The van der Waals surface area contributed by atoms with Crippen LogP contribution < -0.4 is 5.32 Å². The Hall–Kier alpha value is -1.36. The molecule has 0 spiro atoms. The van der Waals surface area contributed by atoms with Gasteiger partial charge in [-0.15, -0.1) is 0 Å². The number of carboxylic acids is 1. The number of carbonyl (C=O) groups is 1. The second kappa shape index (κ2) is 7.87. The minimum absolute atomic E-state index is 0.217. The Balaban J connectivity index is 2.29. The zero-order valence-electron chi connectivity index (χ0n) is 11.2. The molecule has 0 atom stereocenters. The molecular weight excluding hydrogens is 230 g/mol. The second-order valence-corrected chi connectivity index (χ2v) is 4.43. The summed E-state index contributed by atoms with van der Waals surface area (Å²) in [6, 6.07) is 2.49. The van der Waals surface area contributed by atoms with Crippen LogP contribution in [0.5, 0.6) is 0 Å². The van der Waals surface area contributed by atoms with Crippen LogP contribution in [0.25, 0.3) is 0 Å². The van der Waals surface area contributed by atoms with Gasteiger partial charge in [0.25, 0.3) is 0 Å².